The van der Waals surface area contributed by atoms with Crippen LogP contribution in [0.5, 0.6) is 23.1 Å². The van der Waals surface area contributed by atoms with E-state index in [0.717, 1.165) is 18.4 Å². The number of ether oxygens (including phenoxy) is 4. The van der Waals surface area contributed by atoms with E-state index in [1.165, 1.54) is 18.5 Å². The highest BCUT2D eigenvalue weighted by molar-refractivity contribution is 5.87. The first-order valence-corrected chi connectivity index (χ1v) is 13.6. The van der Waals surface area contributed by atoms with Crippen LogP contribution in [0.4, 0.5) is 14.9 Å². The molecule has 0 bridgehead atoms. The van der Waals surface area contributed by atoms with Crippen LogP contribution in [-0.2, 0) is 11.3 Å². The predicted octanol–water partition coefficient (Wildman–Crippen LogP) is 5.83. The van der Waals surface area contributed by atoms with Crippen LogP contribution in [0.3, 0.4) is 0 Å². The number of aromatic nitrogens is 2. The number of fused-ring (bicyclic) bond motifs is 2. The number of nitrogens with zero attached hydrogens (tertiary/aromatic N) is 3. The predicted molar refractivity (Wildman–Crippen MR) is 150 cm³/mol. The second-order valence-electron chi connectivity index (χ2n) is 10.6. The lowest BCUT2D eigenvalue weighted by Crippen LogP contribution is -2.30. The van der Waals surface area contributed by atoms with E-state index in [2.05, 4.69) is 9.97 Å². The van der Waals surface area contributed by atoms with Gasteiger partial charge in [0.1, 0.15) is 12.9 Å². The third kappa shape index (κ3) is 5.82. The number of rotatable bonds is 8. The van der Waals surface area contributed by atoms with Crippen LogP contribution in [0.15, 0.2) is 67.0 Å². The van der Waals surface area contributed by atoms with Gasteiger partial charge in [0.25, 0.3) is 0 Å². The van der Waals surface area contributed by atoms with Crippen molar-refractivity contribution in [3.8, 4) is 23.1 Å². The summed E-state index contributed by atoms with van der Waals surface area (Å²) in [6, 6.07) is 17.4. The fraction of sp³-hybridized carbons (Fsp3) is 0.323. The van der Waals surface area contributed by atoms with Crippen molar-refractivity contribution in [2.45, 2.75) is 19.4 Å². The molecule has 1 saturated heterocycles. The van der Waals surface area contributed by atoms with Gasteiger partial charge in [0, 0.05) is 30.9 Å². The third-order valence-electron chi connectivity index (χ3n) is 7.83. The second-order valence-corrected chi connectivity index (χ2v) is 10.6. The molecule has 212 valence electrons. The number of carbonyl (C=O) groups is 1. The Balaban J connectivity index is 1.06. The number of carbonyl (C=O) groups excluding carboxylic acids is 1. The van der Waals surface area contributed by atoms with E-state index in [0.29, 0.717) is 65.5 Å². The van der Waals surface area contributed by atoms with Crippen LogP contribution in [0.1, 0.15) is 18.4 Å². The van der Waals surface area contributed by atoms with Crippen LogP contribution in [-0.4, -0.2) is 47.8 Å². The first-order chi connectivity index (χ1) is 20.0. The zero-order valence-corrected chi connectivity index (χ0v) is 22.7. The lowest BCUT2D eigenvalue weighted by Gasteiger charge is -2.20. The highest BCUT2D eigenvalue weighted by Gasteiger charge is 2.43. The van der Waals surface area contributed by atoms with Gasteiger partial charge in [0.2, 0.25) is 5.88 Å². The number of nitrogen functional groups attached to an aromatic ring is 1. The Labute approximate surface area is 237 Å². The van der Waals surface area contributed by atoms with Gasteiger partial charge < -0.3 is 29.6 Å². The van der Waals surface area contributed by atoms with Crippen LogP contribution in [0, 0.1) is 23.6 Å². The first kappa shape index (κ1) is 26.6. The van der Waals surface area contributed by atoms with E-state index >= 15 is 0 Å². The molecule has 2 fully saturated rings. The largest absolute Gasteiger partial charge is 0.493 e. The zero-order valence-electron chi connectivity index (χ0n) is 22.7. The van der Waals surface area contributed by atoms with Gasteiger partial charge in [-0.15, -0.1) is 0 Å². The molecule has 2 unspecified atom stereocenters. The maximum atomic E-state index is 14.3. The Morgan fingerprint density at radius 2 is 1.78 bits per heavy atom. The van der Waals surface area contributed by atoms with E-state index in [-0.39, 0.29) is 24.3 Å². The summed E-state index contributed by atoms with van der Waals surface area (Å²) in [5.41, 5.74) is 7.50. The Bertz CT molecular complexity index is 1540. The average molecular weight is 559 g/mol. The molecular weight excluding hydrogens is 527 g/mol. The third-order valence-corrected chi connectivity index (χ3v) is 7.83. The van der Waals surface area contributed by atoms with Crippen molar-refractivity contribution in [3.05, 3.63) is 78.4 Å². The zero-order chi connectivity index (χ0) is 28.3. The molecule has 1 saturated carbocycles. The average Bonchev–Trinajstić information content (AvgIpc) is 3.56. The van der Waals surface area contributed by atoms with Crippen LogP contribution in [0.2, 0.25) is 0 Å². The molecule has 1 aromatic heterocycles. The number of hydrogen-bond acceptors (Lipinski definition) is 8. The maximum absolute atomic E-state index is 14.3. The molecule has 1 amide bonds. The fourth-order valence-electron chi connectivity index (χ4n) is 5.83. The Hall–Kier alpha value is -4.60. The summed E-state index contributed by atoms with van der Waals surface area (Å²) < 4.78 is 37.4. The van der Waals surface area contributed by atoms with E-state index < -0.39 is 5.82 Å². The number of halogens is 1. The minimum atomic E-state index is -0.586. The highest BCUT2D eigenvalue weighted by Crippen LogP contribution is 2.43. The van der Waals surface area contributed by atoms with Gasteiger partial charge >= 0.3 is 6.09 Å². The molecule has 2 N–H and O–H groups in total. The second kappa shape index (κ2) is 11.5. The minimum Gasteiger partial charge on any atom is -0.493 e. The number of likely N-dealkylation sites (tertiary alicyclic amines) is 1. The first-order valence-electron chi connectivity index (χ1n) is 13.6. The molecule has 2 heterocycles. The molecular formula is C31H31FN4O5. The molecule has 0 spiro atoms. The van der Waals surface area contributed by atoms with Crippen molar-refractivity contribution in [3.63, 3.8) is 0 Å². The van der Waals surface area contributed by atoms with Crippen LogP contribution in [0.25, 0.3) is 10.9 Å². The van der Waals surface area contributed by atoms with Gasteiger partial charge in [0.05, 0.1) is 24.6 Å². The van der Waals surface area contributed by atoms with Crippen molar-refractivity contribution < 1.29 is 28.1 Å². The summed E-state index contributed by atoms with van der Waals surface area (Å²) in [7, 11) is 1.56. The number of hydrogen-bond donors (Lipinski definition) is 1. The van der Waals surface area contributed by atoms with Gasteiger partial charge in [-0.3, -0.25) is 0 Å². The molecule has 9 nitrogen and oxygen atoms in total. The summed E-state index contributed by atoms with van der Waals surface area (Å²) in [5.74, 6) is 1.92. The highest BCUT2D eigenvalue weighted by atomic mass is 19.1. The standard InChI is InChI=1S/C31H31FN4O5/c1-38-28-12-24-26(34-18-35-30(24)41-27-8-7-23(33)11-25(27)32)13-29(28)39-17-20-9-21-14-36(15-22(21)10-20)31(37)40-16-19-5-3-2-4-6-19/h2-8,11-13,18,20-22H,9-10,14-17,33H2,1H3. The van der Waals surface area contributed by atoms with E-state index in [1.807, 2.05) is 35.2 Å². The van der Waals surface area contributed by atoms with Crippen molar-refractivity contribution in [2.75, 3.05) is 32.5 Å². The van der Waals surface area contributed by atoms with E-state index in [4.69, 9.17) is 24.7 Å². The van der Waals surface area contributed by atoms with Crippen molar-refractivity contribution in [2.24, 2.45) is 17.8 Å². The van der Waals surface area contributed by atoms with Gasteiger partial charge in [-0.25, -0.2) is 19.2 Å². The quantitative estimate of drug-likeness (QED) is 0.269. The number of methoxy groups -OCH3 is 1. The SMILES string of the molecule is COc1cc2c(Oc3ccc(N)cc3F)ncnc2cc1OCC1CC2CN(C(=O)OCc3ccccc3)CC2C1. The van der Waals surface area contributed by atoms with Crippen LogP contribution < -0.4 is 19.9 Å². The van der Waals surface area contributed by atoms with Gasteiger partial charge in [0.15, 0.2) is 23.1 Å². The topological polar surface area (TPSA) is 109 Å². The van der Waals surface area contributed by atoms with Crippen molar-refractivity contribution >= 4 is 22.7 Å². The summed E-state index contributed by atoms with van der Waals surface area (Å²) in [5, 5.41) is 0.558. The monoisotopic (exact) mass is 558 g/mol. The number of nitrogens with two attached hydrogens (primary N) is 1. The molecule has 3 aromatic carbocycles. The maximum Gasteiger partial charge on any atom is 0.410 e. The normalized spacial score (nSPS) is 19.7. The van der Waals surface area contributed by atoms with Gasteiger partial charge in [-0.2, -0.15) is 0 Å². The number of anilines is 1. The van der Waals surface area contributed by atoms with E-state index in [9.17, 15) is 9.18 Å². The molecule has 41 heavy (non-hydrogen) atoms. The lowest BCUT2D eigenvalue weighted by atomic mass is 10.0. The molecule has 2 aliphatic rings. The molecule has 2 atom stereocenters. The lowest BCUT2D eigenvalue weighted by molar-refractivity contribution is 0.100. The van der Waals surface area contributed by atoms with Crippen molar-refractivity contribution in [1.29, 1.82) is 0 Å². The molecule has 6 rings (SSSR count). The summed E-state index contributed by atoms with van der Waals surface area (Å²) in [6.07, 6.45) is 3.08. The van der Waals surface area contributed by atoms with Crippen molar-refractivity contribution in [1.82, 2.24) is 14.9 Å². The van der Waals surface area contributed by atoms with E-state index in [1.54, 1.807) is 25.3 Å². The molecule has 1 aliphatic heterocycles. The Kier molecular flexibility index (Phi) is 7.45. The fourth-order valence-corrected chi connectivity index (χ4v) is 5.83. The Morgan fingerprint density at radius 3 is 2.51 bits per heavy atom. The smallest absolute Gasteiger partial charge is 0.410 e. The molecule has 1 aliphatic carbocycles. The summed E-state index contributed by atoms with van der Waals surface area (Å²) in [4.78, 5) is 23.0. The minimum absolute atomic E-state index is 0.00768. The van der Waals surface area contributed by atoms with Gasteiger partial charge in [-0.05, 0) is 54.4 Å². The summed E-state index contributed by atoms with van der Waals surface area (Å²) >= 11 is 0. The number of benzene rings is 3. The molecule has 10 heteroatoms. The molecule has 4 aromatic rings. The number of amides is 1. The van der Waals surface area contributed by atoms with Gasteiger partial charge in [-0.1, -0.05) is 30.3 Å². The Morgan fingerprint density at radius 1 is 1.00 bits per heavy atom. The van der Waals surface area contributed by atoms with Crippen LogP contribution >= 0.6 is 0 Å². The molecule has 0 radical (unpaired) electrons. The summed E-state index contributed by atoms with van der Waals surface area (Å²) in [6.45, 7) is 2.23.